The lowest BCUT2D eigenvalue weighted by atomic mass is 9.87. The maximum atomic E-state index is 13.3. The van der Waals surface area contributed by atoms with Gasteiger partial charge in [-0.25, -0.2) is 9.97 Å². The van der Waals surface area contributed by atoms with Crippen LogP contribution in [0.4, 0.5) is 5.82 Å². The SMILES string of the molecule is CC(C)(C)c1ccc(C(=O)Nc2ncnc3oc(-c4ccc(-c5ccccc5)cc4)c(-c4ccccc4)c23)cc1. The molecule has 5 heteroatoms. The minimum Gasteiger partial charge on any atom is -0.437 e. The molecule has 0 radical (unpaired) electrons. The summed E-state index contributed by atoms with van der Waals surface area (Å²) in [6.45, 7) is 6.45. The molecule has 40 heavy (non-hydrogen) atoms. The summed E-state index contributed by atoms with van der Waals surface area (Å²) < 4.78 is 6.36. The molecule has 2 heterocycles. The van der Waals surface area contributed by atoms with E-state index in [0.29, 0.717) is 28.2 Å². The molecule has 196 valence electrons. The zero-order valence-electron chi connectivity index (χ0n) is 22.7. The van der Waals surface area contributed by atoms with E-state index in [0.717, 1.165) is 33.4 Å². The lowest BCUT2D eigenvalue weighted by Crippen LogP contribution is -2.15. The van der Waals surface area contributed by atoms with Crippen LogP contribution < -0.4 is 5.32 Å². The van der Waals surface area contributed by atoms with Crippen molar-refractivity contribution in [3.05, 3.63) is 127 Å². The van der Waals surface area contributed by atoms with Gasteiger partial charge in [-0.15, -0.1) is 0 Å². The van der Waals surface area contributed by atoms with Crippen molar-refractivity contribution in [1.29, 1.82) is 0 Å². The molecule has 0 fully saturated rings. The van der Waals surface area contributed by atoms with Crippen LogP contribution >= 0.6 is 0 Å². The van der Waals surface area contributed by atoms with Gasteiger partial charge in [-0.1, -0.05) is 118 Å². The molecule has 6 aromatic rings. The zero-order chi connectivity index (χ0) is 27.7. The second-order valence-electron chi connectivity index (χ2n) is 10.8. The number of fused-ring (bicyclic) bond motifs is 1. The van der Waals surface area contributed by atoms with Crippen LogP contribution in [0.3, 0.4) is 0 Å². The van der Waals surface area contributed by atoms with E-state index in [4.69, 9.17) is 4.42 Å². The molecule has 0 aliphatic heterocycles. The Balaban J connectivity index is 1.43. The first-order chi connectivity index (χ1) is 19.4. The van der Waals surface area contributed by atoms with Gasteiger partial charge in [-0.2, -0.15) is 0 Å². The normalized spacial score (nSPS) is 11.5. The molecule has 0 atom stereocenters. The topological polar surface area (TPSA) is 68.0 Å². The Labute approximate surface area is 233 Å². The summed E-state index contributed by atoms with van der Waals surface area (Å²) in [7, 11) is 0. The van der Waals surface area contributed by atoms with Crippen LogP contribution in [0.1, 0.15) is 36.7 Å². The Morgan fingerprint density at radius 1 is 0.675 bits per heavy atom. The van der Waals surface area contributed by atoms with Gasteiger partial charge in [0, 0.05) is 16.7 Å². The third-order valence-electron chi connectivity index (χ3n) is 7.05. The number of carbonyl (C=O) groups is 1. The predicted molar refractivity (Wildman–Crippen MR) is 161 cm³/mol. The summed E-state index contributed by atoms with van der Waals surface area (Å²) in [5, 5.41) is 3.68. The zero-order valence-corrected chi connectivity index (χ0v) is 22.7. The molecule has 2 aromatic heterocycles. The van der Waals surface area contributed by atoms with Gasteiger partial charge in [-0.3, -0.25) is 4.79 Å². The van der Waals surface area contributed by atoms with E-state index in [1.165, 1.54) is 6.33 Å². The number of benzene rings is 4. The number of anilines is 1. The monoisotopic (exact) mass is 523 g/mol. The van der Waals surface area contributed by atoms with Gasteiger partial charge in [0.15, 0.2) is 0 Å². The molecule has 0 unspecified atom stereocenters. The van der Waals surface area contributed by atoms with Crippen LogP contribution in [0.2, 0.25) is 0 Å². The van der Waals surface area contributed by atoms with Crippen molar-refractivity contribution < 1.29 is 9.21 Å². The fraction of sp³-hybridized carbons (Fsp3) is 0.114. The number of rotatable bonds is 5. The summed E-state index contributed by atoms with van der Waals surface area (Å²) in [5.74, 6) is 0.838. The average molecular weight is 524 g/mol. The van der Waals surface area contributed by atoms with Gasteiger partial charge in [0.1, 0.15) is 17.9 Å². The predicted octanol–water partition coefficient (Wildman–Crippen LogP) is 8.77. The molecule has 0 spiro atoms. The number of carbonyl (C=O) groups excluding carboxylic acids is 1. The van der Waals surface area contributed by atoms with E-state index in [1.807, 2.05) is 72.8 Å². The van der Waals surface area contributed by atoms with Crippen LogP contribution in [-0.4, -0.2) is 15.9 Å². The van der Waals surface area contributed by atoms with Crippen LogP contribution in [0.15, 0.2) is 120 Å². The van der Waals surface area contributed by atoms with E-state index in [-0.39, 0.29) is 11.3 Å². The van der Waals surface area contributed by atoms with Gasteiger partial charge < -0.3 is 9.73 Å². The van der Waals surface area contributed by atoms with E-state index >= 15 is 0 Å². The van der Waals surface area contributed by atoms with Crippen molar-refractivity contribution in [2.24, 2.45) is 0 Å². The van der Waals surface area contributed by atoms with Gasteiger partial charge >= 0.3 is 0 Å². The fourth-order valence-electron chi connectivity index (χ4n) is 4.86. The van der Waals surface area contributed by atoms with Crippen molar-refractivity contribution in [1.82, 2.24) is 9.97 Å². The number of furan rings is 1. The lowest BCUT2D eigenvalue weighted by Gasteiger charge is -2.19. The standard InChI is InChI=1S/C35H29N3O2/c1-35(2,3)28-20-18-27(19-21-28)33(39)38-32-30-29(25-12-8-5-9-13-25)31(40-34(30)37-22-36-32)26-16-14-24(15-17-26)23-10-6-4-7-11-23/h4-22H,1-3H3,(H,36,37,38,39). The minimum atomic E-state index is -0.241. The van der Waals surface area contributed by atoms with E-state index in [9.17, 15) is 4.79 Å². The van der Waals surface area contributed by atoms with Crippen LogP contribution in [-0.2, 0) is 5.41 Å². The third-order valence-corrected chi connectivity index (χ3v) is 7.05. The lowest BCUT2D eigenvalue weighted by molar-refractivity contribution is 0.102. The molecular formula is C35H29N3O2. The smallest absolute Gasteiger partial charge is 0.256 e. The minimum absolute atomic E-state index is 0.00486. The third kappa shape index (κ3) is 4.90. The Bertz CT molecular complexity index is 1780. The second-order valence-corrected chi connectivity index (χ2v) is 10.8. The molecule has 0 bridgehead atoms. The summed E-state index contributed by atoms with van der Waals surface area (Å²) in [6.07, 6.45) is 1.42. The Kier molecular flexibility index (Phi) is 6.48. The van der Waals surface area contributed by atoms with Gasteiger partial charge in [0.05, 0.1) is 5.39 Å². The Hall–Kier alpha value is -5.03. The van der Waals surface area contributed by atoms with Crippen molar-refractivity contribution in [2.45, 2.75) is 26.2 Å². The number of hydrogen-bond donors (Lipinski definition) is 1. The fourth-order valence-corrected chi connectivity index (χ4v) is 4.86. The molecule has 5 nitrogen and oxygen atoms in total. The van der Waals surface area contributed by atoms with Crippen molar-refractivity contribution in [2.75, 3.05) is 5.32 Å². The molecule has 4 aromatic carbocycles. The van der Waals surface area contributed by atoms with Crippen molar-refractivity contribution in [3.63, 3.8) is 0 Å². The Morgan fingerprint density at radius 2 is 1.25 bits per heavy atom. The maximum absolute atomic E-state index is 13.3. The second kappa shape index (κ2) is 10.3. The highest BCUT2D eigenvalue weighted by atomic mass is 16.3. The highest BCUT2D eigenvalue weighted by molar-refractivity contribution is 6.12. The van der Waals surface area contributed by atoms with Gasteiger partial charge in [0.2, 0.25) is 5.71 Å². The van der Waals surface area contributed by atoms with E-state index < -0.39 is 0 Å². The van der Waals surface area contributed by atoms with Crippen LogP contribution in [0.5, 0.6) is 0 Å². The first-order valence-corrected chi connectivity index (χ1v) is 13.3. The summed E-state index contributed by atoms with van der Waals surface area (Å²) >= 11 is 0. The first-order valence-electron chi connectivity index (χ1n) is 13.3. The van der Waals surface area contributed by atoms with E-state index in [2.05, 4.69) is 72.5 Å². The quantitative estimate of drug-likeness (QED) is 0.245. The van der Waals surface area contributed by atoms with Crippen molar-refractivity contribution >= 4 is 22.8 Å². The average Bonchev–Trinajstić information content (AvgIpc) is 3.38. The molecule has 1 amide bonds. The molecule has 0 aliphatic rings. The van der Waals surface area contributed by atoms with Crippen molar-refractivity contribution in [3.8, 4) is 33.6 Å². The number of nitrogens with one attached hydrogen (secondary N) is 1. The first kappa shape index (κ1) is 25.3. The van der Waals surface area contributed by atoms with Crippen LogP contribution in [0, 0.1) is 0 Å². The van der Waals surface area contributed by atoms with Gasteiger partial charge in [0.25, 0.3) is 5.91 Å². The largest absolute Gasteiger partial charge is 0.437 e. The Morgan fingerprint density at radius 3 is 1.88 bits per heavy atom. The molecule has 0 saturated heterocycles. The summed E-state index contributed by atoms with van der Waals surface area (Å²) in [5.41, 5.74) is 7.09. The molecule has 6 rings (SSSR count). The summed E-state index contributed by atoms with van der Waals surface area (Å²) in [4.78, 5) is 22.2. The van der Waals surface area contributed by atoms with E-state index in [1.54, 1.807) is 0 Å². The highest BCUT2D eigenvalue weighted by Crippen LogP contribution is 2.43. The molecule has 0 aliphatic carbocycles. The van der Waals surface area contributed by atoms with Gasteiger partial charge in [-0.05, 0) is 39.8 Å². The highest BCUT2D eigenvalue weighted by Gasteiger charge is 2.23. The van der Waals surface area contributed by atoms with Crippen LogP contribution in [0.25, 0.3) is 44.7 Å². The number of aromatic nitrogens is 2. The molecule has 0 saturated carbocycles. The number of nitrogens with zero attached hydrogens (tertiary/aromatic N) is 2. The number of hydrogen-bond acceptors (Lipinski definition) is 4. The maximum Gasteiger partial charge on any atom is 0.256 e. The summed E-state index contributed by atoms with van der Waals surface area (Å²) in [6, 6.07) is 36.2. The molecule has 1 N–H and O–H groups in total. The number of amides is 1. The molecular weight excluding hydrogens is 494 g/mol.